The van der Waals surface area contributed by atoms with E-state index in [9.17, 15) is 20.3 Å². The summed E-state index contributed by atoms with van der Waals surface area (Å²) in [4.78, 5) is 15.7. The Hall–Kier alpha value is -3.19. The second-order valence-electron chi connectivity index (χ2n) is 14.7. The second kappa shape index (κ2) is 16.7. The fraction of sp³-hybridized carbons (Fsp3) is 0.528. The fourth-order valence-electron chi connectivity index (χ4n) is 6.75. The van der Waals surface area contributed by atoms with E-state index in [2.05, 4.69) is 21.8 Å². The molecule has 1 aliphatic heterocycles. The van der Waals surface area contributed by atoms with Crippen molar-refractivity contribution in [2.45, 2.75) is 82.7 Å². The maximum absolute atomic E-state index is 15.9. The number of nitriles is 1. The second-order valence-corrected chi connectivity index (χ2v) is 15.6. The third-order valence-electron chi connectivity index (χ3n) is 8.92. The maximum atomic E-state index is 15.9. The van der Waals surface area contributed by atoms with Gasteiger partial charge < -0.3 is 30.7 Å². The number of aliphatic hydroxyl groups excluding tert-OH is 3. The van der Waals surface area contributed by atoms with E-state index in [0.717, 1.165) is 6.07 Å². The van der Waals surface area contributed by atoms with Gasteiger partial charge in [0, 0.05) is 47.9 Å². The zero-order valence-corrected chi connectivity index (χ0v) is 30.8. The summed E-state index contributed by atoms with van der Waals surface area (Å²) in [5.41, 5.74) is -3.02. The summed E-state index contributed by atoms with van der Waals surface area (Å²) < 4.78 is 39.3. The van der Waals surface area contributed by atoms with Crippen LogP contribution in [0.1, 0.15) is 58.1 Å². The molecule has 5 N–H and O–H groups in total. The van der Waals surface area contributed by atoms with Gasteiger partial charge in [-0.1, -0.05) is 62.2 Å². The molecule has 51 heavy (non-hydrogen) atoms. The van der Waals surface area contributed by atoms with Crippen LogP contribution in [0.4, 0.5) is 14.6 Å². The van der Waals surface area contributed by atoms with Crippen LogP contribution in [-0.2, 0) is 21.5 Å². The minimum Gasteiger partial charge on any atom is -0.395 e. The molecule has 1 aliphatic rings. The van der Waals surface area contributed by atoms with Crippen LogP contribution in [0.5, 0.6) is 0 Å². The average molecular weight is 752 g/mol. The number of nitrogens with one attached hydrogen (secondary N) is 2. The highest BCUT2D eigenvalue weighted by molar-refractivity contribution is 6.31. The Balaban J connectivity index is 1.64. The van der Waals surface area contributed by atoms with Gasteiger partial charge in [-0.3, -0.25) is 14.4 Å². The third-order valence-corrected chi connectivity index (χ3v) is 9.44. The van der Waals surface area contributed by atoms with E-state index in [1.165, 1.54) is 35.2 Å². The Morgan fingerprint density at radius 2 is 1.92 bits per heavy atom. The van der Waals surface area contributed by atoms with Gasteiger partial charge in [0.15, 0.2) is 5.82 Å². The highest BCUT2D eigenvalue weighted by Gasteiger charge is 2.61. The van der Waals surface area contributed by atoms with Gasteiger partial charge in [0.2, 0.25) is 5.91 Å². The third kappa shape index (κ3) is 9.63. The summed E-state index contributed by atoms with van der Waals surface area (Å²) in [6.07, 6.45) is 1.03. The lowest BCUT2D eigenvalue weighted by Crippen LogP contribution is -2.45. The predicted octanol–water partition coefficient (Wildman–Crippen LogP) is 4.83. The van der Waals surface area contributed by atoms with Crippen molar-refractivity contribution in [1.29, 1.82) is 5.26 Å². The smallest absolute Gasteiger partial charge is 0.243 e. The number of aromatic nitrogens is 2. The van der Waals surface area contributed by atoms with Gasteiger partial charge >= 0.3 is 0 Å². The molecule has 15 heteroatoms. The standard InChI is InChI=1S/C36H46Cl2F2N6O5/c1-34(2,3)16-28-36(19-41,25-10-9-22(37)15-27(25)39)30(24-7-6-8-26(38)31(24)40)32(42-28)33(50)43-29-11-12-46(44-29)20-35(4,5)51-18-23(49)17-45(21-48)13-14-47/h6-12,15,23,28,30,32,42,47-49H,13-14,16-18,20-21H2,1-5H3,(H,43,44,50)/t23-,28+,30+,32-,36+/m1/s1. The van der Waals surface area contributed by atoms with E-state index in [-0.39, 0.29) is 66.6 Å². The van der Waals surface area contributed by atoms with Gasteiger partial charge in [-0.2, -0.15) is 10.4 Å². The molecule has 1 saturated heterocycles. The molecule has 0 spiro atoms. The fourth-order valence-corrected chi connectivity index (χ4v) is 7.09. The van der Waals surface area contributed by atoms with Crippen molar-refractivity contribution in [3.8, 4) is 6.07 Å². The van der Waals surface area contributed by atoms with Crippen LogP contribution in [0.3, 0.4) is 0 Å². The van der Waals surface area contributed by atoms with Crippen LogP contribution < -0.4 is 10.6 Å². The molecule has 2 aromatic carbocycles. The molecule has 1 aromatic heterocycles. The zero-order chi connectivity index (χ0) is 37.7. The molecule has 1 amide bonds. The van der Waals surface area contributed by atoms with E-state index < -0.39 is 58.1 Å². The number of carbonyl (C=O) groups is 1. The first-order valence-corrected chi connectivity index (χ1v) is 17.4. The number of nitrogens with zero attached hydrogens (tertiary/aromatic N) is 4. The highest BCUT2D eigenvalue weighted by atomic mass is 35.5. The summed E-state index contributed by atoms with van der Waals surface area (Å²) in [6, 6.07) is 10.2. The zero-order valence-electron chi connectivity index (χ0n) is 29.3. The molecule has 278 valence electrons. The monoisotopic (exact) mass is 750 g/mol. The summed E-state index contributed by atoms with van der Waals surface area (Å²) in [5.74, 6) is -3.26. The largest absolute Gasteiger partial charge is 0.395 e. The van der Waals surface area contributed by atoms with E-state index in [4.69, 9.17) is 33.0 Å². The van der Waals surface area contributed by atoms with E-state index in [1.807, 2.05) is 20.8 Å². The molecule has 0 aliphatic carbocycles. The minimum atomic E-state index is -1.77. The van der Waals surface area contributed by atoms with Crippen LogP contribution >= 0.6 is 23.2 Å². The molecule has 11 nitrogen and oxygen atoms in total. The Morgan fingerprint density at radius 1 is 1.20 bits per heavy atom. The van der Waals surface area contributed by atoms with Gasteiger partial charge in [-0.15, -0.1) is 0 Å². The summed E-state index contributed by atoms with van der Waals surface area (Å²) in [5, 5.41) is 50.4. The lowest BCUT2D eigenvalue weighted by Gasteiger charge is -2.37. The lowest BCUT2D eigenvalue weighted by atomic mass is 9.62. The number of anilines is 1. The summed E-state index contributed by atoms with van der Waals surface area (Å²) in [7, 11) is 0. The molecule has 2 heterocycles. The van der Waals surface area contributed by atoms with Crippen LogP contribution in [0.25, 0.3) is 0 Å². The molecular weight excluding hydrogens is 705 g/mol. The number of benzene rings is 2. The number of amides is 1. The van der Waals surface area contributed by atoms with Crippen molar-refractivity contribution in [2.24, 2.45) is 5.41 Å². The normalized spacial score (nSPS) is 21.5. The SMILES string of the molecule is CC(C)(C)C[C@@H]1N[C@@H](C(=O)Nc2ccn(CC(C)(C)OC[C@H](O)CN(CO)CCO)n2)[C@H](c2cccc(Cl)c2F)[C@@]1(C#N)c1ccc(Cl)cc1F. The van der Waals surface area contributed by atoms with E-state index in [1.54, 1.807) is 30.8 Å². The van der Waals surface area contributed by atoms with Crippen LogP contribution in [0.15, 0.2) is 48.7 Å². The van der Waals surface area contributed by atoms with E-state index in [0.29, 0.717) is 6.42 Å². The van der Waals surface area contributed by atoms with Crippen LogP contribution in [0, 0.1) is 28.4 Å². The Kier molecular flexibility index (Phi) is 13.2. The molecule has 1 fully saturated rings. The molecule has 4 rings (SSSR count). The number of halogens is 4. The van der Waals surface area contributed by atoms with Crippen molar-refractivity contribution in [3.05, 3.63) is 81.5 Å². The Bertz CT molecular complexity index is 1710. The van der Waals surface area contributed by atoms with E-state index >= 15 is 8.78 Å². The quantitative estimate of drug-likeness (QED) is 0.137. The summed E-state index contributed by atoms with van der Waals surface area (Å²) in [6.45, 7) is 9.49. The number of aliphatic hydroxyl groups is 3. The number of ether oxygens (including phenoxy) is 1. The first kappa shape index (κ1) is 40.6. The van der Waals surface area contributed by atoms with Crippen molar-refractivity contribution in [1.82, 2.24) is 20.0 Å². The van der Waals surface area contributed by atoms with Crippen molar-refractivity contribution in [3.63, 3.8) is 0 Å². The van der Waals surface area contributed by atoms with Gasteiger partial charge in [0.05, 0.1) is 55.3 Å². The Labute approximate surface area is 307 Å². The molecule has 5 atom stereocenters. The number of rotatable bonds is 15. The van der Waals surface area contributed by atoms with Gasteiger partial charge in [0.1, 0.15) is 17.0 Å². The van der Waals surface area contributed by atoms with Gasteiger partial charge in [-0.05, 0) is 49.4 Å². The van der Waals surface area contributed by atoms with Crippen LogP contribution in [0.2, 0.25) is 10.0 Å². The van der Waals surface area contributed by atoms with Crippen molar-refractivity contribution >= 4 is 34.9 Å². The average Bonchev–Trinajstić information content (AvgIpc) is 3.61. The predicted molar refractivity (Wildman–Crippen MR) is 190 cm³/mol. The number of carbonyl (C=O) groups excluding carboxylic acids is 1. The van der Waals surface area contributed by atoms with Crippen molar-refractivity contribution in [2.75, 3.05) is 38.4 Å². The first-order valence-electron chi connectivity index (χ1n) is 16.6. The van der Waals surface area contributed by atoms with Crippen LogP contribution in [-0.4, -0.2) is 92.7 Å². The van der Waals surface area contributed by atoms with Gasteiger partial charge in [-0.25, -0.2) is 8.78 Å². The molecule has 0 unspecified atom stereocenters. The molecule has 0 saturated carbocycles. The highest BCUT2D eigenvalue weighted by Crippen LogP contribution is 2.52. The number of hydrogen-bond acceptors (Lipinski definition) is 9. The molecular formula is C36H46Cl2F2N6O5. The minimum absolute atomic E-state index is 0.0208. The van der Waals surface area contributed by atoms with Crippen molar-refractivity contribution < 1.29 is 33.6 Å². The lowest BCUT2D eigenvalue weighted by molar-refractivity contribution is -0.118. The first-order chi connectivity index (χ1) is 23.9. The number of hydrogen-bond donors (Lipinski definition) is 5. The Morgan fingerprint density at radius 3 is 2.55 bits per heavy atom. The summed E-state index contributed by atoms with van der Waals surface area (Å²) >= 11 is 12.3. The topological polar surface area (TPSA) is 156 Å². The molecule has 3 aromatic rings. The molecule has 0 bridgehead atoms. The molecule has 0 radical (unpaired) electrons. The maximum Gasteiger partial charge on any atom is 0.243 e. The van der Waals surface area contributed by atoms with Gasteiger partial charge in [0.25, 0.3) is 0 Å².